The number of fused-ring (bicyclic) bond motifs is 1. The lowest BCUT2D eigenvalue weighted by Crippen LogP contribution is -2.04. The molecule has 178 valence electrons. The van der Waals surface area contributed by atoms with E-state index >= 15 is 0 Å². The number of pyridine rings is 2. The number of nitriles is 2. The van der Waals surface area contributed by atoms with E-state index in [1.54, 1.807) is 0 Å². The van der Waals surface area contributed by atoms with Crippen molar-refractivity contribution in [3.8, 4) is 23.3 Å². The lowest BCUT2D eigenvalue weighted by atomic mass is 9.96. The second-order valence-electron chi connectivity index (χ2n) is 8.52. The van der Waals surface area contributed by atoms with Crippen LogP contribution < -0.4 is 5.73 Å². The van der Waals surface area contributed by atoms with Gasteiger partial charge in [0.05, 0.1) is 11.1 Å². The molecule has 0 aliphatic heterocycles. The van der Waals surface area contributed by atoms with Gasteiger partial charge in [-0.2, -0.15) is 10.5 Å². The van der Waals surface area contributed by atoms with Crippen molar-refractivity contribution in [2.45, 2.75) is 33.7 Å². The summed E-state index contributed by atoms with van der Waals surface area (Å²) in [5.74, 6) is 0.0885. The predicted octanol–water partition coefficient (Wildman–Crippen LogP) is 7.54. The van der Waals surface area contributed by atoms with Crippen molar-refractivity contribution in [1.29, 1.82) is 10.5 Å². The molecule has 3 aromatic carbocycles. The van der Waals surface area contributed by atoms with Gasteiger partial charge in [0.1, 0.15) is 33.6 Å². The van der Waals surface area contributed by atoms with Crippen LogP contribution in [-0.4, -0.2) is 9.97 Å². The zero-order valence-corrected chi connectivity index (χ0v) is 21.8. The van der Waals surface area contributed by atoms with Gasteiger partial charge in [0.15, 0.2) is 0 Å². The van der Waals surface area contributed by atoms with Crippen LogP contribution in [0.25, 0.3) is 22.0 Å². The van der Waals surface area contributed by atoms with Gasteiger partial charge in [-0.15, -0.1) is 0 Å². The Morgan fingerprint density at radius 1 is 0.703 bits per heavy atom. The Bertz CT molecular complexity index is 1720. The zero-order valence-electron chi connectivity index (χ0n) is 20.2. The third-order valence-corrected chi connectivity index (χ3v) is 7.82. The summed E-state index contributed by atoms with van der Waals surface area (Å²) in [6.45, 7) is 4.06. The highest BCUT2D eigenvalue weighted by Crippen LogP contribution is 2.43. The van der Waals surface area contributed by atoms with Crippen LogP contribution in [0.2, 0.25) is 0 Å². The molecule has 0 bridgehead atoms. The molecule has 0 fully saturated rings. The maximum Gasteiger partial charge on any atom is 0.143 e. The number of hydrogen-bond acceptors (Lipinski definition) is 7. The summed E-state index contributed by atoms with van der Waals surface area (Å²) in [7, 11) is 0. The van der Waals surface area contributed by atoms with Crippen molar-refractivity contribution >= 4 is 40.2 Å². The fourth-order valence-electron chi connectivity index (χ4n) is 3.99. The van der Waals surface area contributed by atoms with E-state index in [4.69, 9.17) is 10.7 Å². The Morgan fingerprint density at radius 3 is 2.05 bits per heavy atom. The first-order valence-corrected chi connectivity index (χ1v) is 13.1. The third kappa shape index (κ3) is 5.01. The first kappa shape index (κ1) is 24.4. The lowest BCUT2D eigenvalue weighted by molar-refractivity contribution is 1.10. The topological polar surface area (TPSA) is 99.4 Å². The first-order chi connectivity index (χ1) is 18.0. The summed E-state index contributed by atoms with van der Waals surface area (Å²) in [5, 5.41) is 22.5. The molecule has 5 nitrogen and oxygen atoms in total. The van der Waals surface area contributed by atoms with Gasteiger partial charge >= 0.3 is 0 Å². The Balaban J connectivity index is 1.79. The van der Waals surface area contributed by atoms with E-state index in [1.165, 1.54) is 23.5 Å². The van der Waals surface area contributed by atoms with Crippen LogP contribution in [0.5, 0.6) is 0 Å². The number of nitrogens with two attached hydrogens (primary N) is 1. The highest BCUT2D eigenvalue weighted by Gasteiger charge is 2.24. The molecule has 0 aliphatic carbocycles. The number of aromatic nitrogens is 2. The molecule has 7 heteroatoms. The molecule has 5 rings (SSSR count). The molecule has 0 radical (unpaired) electrons. The molecule has 0 atom stereocenters. The van der Waals surface area contributed by atoms with E-state index in [0.29, 0.717) is 26.7 Å². The van der Waals surface area contributed by atoms with E-state index in [2.05, 4.69) is 23.2 Å². The number of benzene rings is 3. The Morgan fingerprint density at radius 2 is 1.35 bits per heavy atom. The fourth-order valence-corrected chi connectivity index (χ4v) is 5.82. The van der Waals surface area contributed by atoms with Crippen LogP contribution in [0.3, 0.4) is 0 Å². The van der Waals surface area contributed by atoms with Crippen molar-refractivity contribution < 1.29 is 0 Å². The summed E-state index contributed by atoms with van der Waals surface area (Å²) in [6.07, 6.45) is 0. The number of nitrogens with zero attached hydrogens (tertiary/aromatic N) is 4. The van der Waals surface area contributed by atoms with Crippen LogP contribution in [0.1, 0.15) is 22.3 Å². The minimum Gasteiger partial charge on any atom is -0.383 e. The van der Waals surface area contributed by atoms with Gasteiger partial charge in [-0.3, -0.25) is 0 Å². The average Bonchev–Trinajstić information content (AvgIpc) is 2.90. The second kappa shape index (κ2) is 10.4. The van der Waals surface area contributed by atoms with Crippen molar-refractivity contribution in [2.24, 2.45) is 0 Å². The molecule has 0 aliphatic rings. The van der Waals surface area contributed by atoms with Crippen molar-refractivity contribution in [1.82, 2.24) is 9.97 Å². The van der Waals surface area contributed by atoms with E-state index in [-0.39, 0.29) is 11.4 Å². The molecule has 2 aromatic heterocycles. The van der Waals surface area contributed by atoms with Gasteiger partial charge in [-0.05, 0) is 56.3 Å². The Labute approximate surface area is 224 Å². The lowest BCUT2D eigenvalue weighted by Gasteiger charge is -2.16. The smallest absolute Gasteiger partial charge is 0.143 e. The van der Waals surface area contributed by atoms with Gasteiger partial charge < -0.3 is 5.73 Å². The van der Waals surface area contributed by atoms with E-state index < -0.39 is 0 Å². The molecule has 0 amide bonds. The SMILES string of the molecule is Cc1ccc(Sc2nc3ccc(C)cc3cc2-c2c(C#N)c(N)nc(Sc3ccccc3)c2C#N)cc1. The number of nitrogen functional groups attached to an aromatic ring is 1. The highest BCUT2D eigenvalue weighted by atomic mass is 32.2. The molecule has 0 spiro atoms. The Kier molecular flexibility index (Phi) is 6.83. The quantitative estimate of drug-likeness (QED) is 0.258. The number of anilines is 1. The van der Waals surface area contributed by atoms with Gasteiger partial charge in [0.2, 0.25) is 0 Å². The molecule has 5 aromatic rings. The van der Waals surface area contributed by atoms with Crippen LogP contribution in [0.4, 0.5) is 5.82 Å². The van der Waals surface area contributed by atoms with Crippen LogP contribution in [0, 0.1) is 36.5 Å². The monoisotopic (exact) mass is 515 g/mol. The molecule has 0 saturated carbocycles. The summed E-state index contributed by atoms with van der Waals surface area (Å²) in [5.41, 5.74) is 11.0. The molecular formula is C30H21N5S2. The summed E-state index contributed by atoms with van der Waals surface area (Å²) in [6, 6.07) is 30.4. The van der Waals surface area contributed by atoms with E-state index in [1.807, 2.05) is 86.6 Å². The molecule has 0 unspecified atom stereocenters. The normalized spacial score (nSPS) is 10.7. The second-order valence-corrected chi connectivity index (χ2v) is 10.6. The summed E-state index contributed by atoms with van der Waals surface area (Å²) < 4.78 is 0. The van der Waals surface area contributed by atoms with Crippen LogP contribution >= 0.6 is 23.5 Å². The largest absolute Gasteiger partial charge is 0.383 e. The maximum absolute atomic E-state index is 10.3. The molecule has 37 heavy (non-hydrogen) atoms. The highest BCUT2D eigenvalue weighted by molar-refractivity contribution is 7.99. The number of rotatable bonds is 5. The van der Waals surface area contributed by atoms with Crippen LogP contribution in [-0.2, 0) is 0 Å². The third-order valence-electron chi connectivity index (χ3n) is 5.81. The van der Waals surface area contributed by atoms with Crippen LogP contribution in [0.15, 0.2) is 98.7 Å². The average molecular weight is 516 g/mol. The minimum atomic E-state index is 0.0885. The van der Waals surface area contributed by atoms with E-state index in [9.17, 15) is 10.5 Å². The maximum atomic E-state index is 10.3. The molecule has 2 N–H and O–H groups in total. The molecule has 0 saturated heterocycles. The molecular weight excluding hydrogens is 494 g/mol. The summed E-state index contributed by atoms with van der Waals surface area (Å²) >= 11 is 2.84. The number of hydrogen-bond donors (Lipinski definition) is 1. The van der Waals surface area contributed by atoms with Crippen molar-refractivity contribution in [3.63, 3.8) is 0 Å². The predicted molar refractivity (Wildman–Crippen MR) is 149 cm³/mol. The van der Waals surface area contributed by atoms with Gasteiger partial charge in [0.25, 0.3) is 0 Å². The first-order valence-electron chi connectivity index (χ1n) is 11.5. The standard InChI is InChI=1S/C30H21N5S2/c1-18-8-11-22(12-9-18)37-29-23(15-20-14-19(2)10-13-26(20)34-29)27-24(16-31)28(33)35-30(25(27)17-32)36-21-6-4-3-5-7-21/h3-15H,1-2H3,(H2,33,35). The Hall–Kier alpha value is -4.30. The van der Waals surface area contributed by atoms with E-state index in [0.717, 1.165) is 31.8 Å². The minimum absolute atomic E-state index is 0.0885. The number of aryl methyl sites for hydroxylation is 2. The van der Waals surface area contributed by atoms with Gasteiger partial charge in [-0.25, -0.2) is 9.97 Å². The van der Waals surface area contributed by atoms with Crippen molar-refractivity contribution in [2.75, 3.05) is 5.73 Å². The molecule has 2 heterocycles. The fraction of sp³-hybridized carbons (Fsp3) is 0.0667. The van der Waals surface area contributed by atoms with Gasteiger partial charge in [0, 0.05) is 26.3 Å². The summed E-state index contributed by atoms with van der Waals surface area (Å²) in [4.78, 5) is 11.4. The zero-order chi connectivity index (χ0) is 25.9. The van der Waals surface area contributed by atoms with Crippen molar-refractivity contribution in [3.05, 3.63) is 101 Å². The van der Waals surface area contributed by atoms with Gasteiger partial charge in [-0.1, -0.05) is 71.0 Å².